The van der Waals surface area contributed by atoms with Gasteiger partial charge in [-0.05, 0) is 60.2 Å². The summed E-state index contributed by atoms with van der Waals surface area (Å²) in [6.07, 6.45) is -4.77. The lowest BCUT2D eigenvalue weighted by molar-refractivity contribution is -0.137. The summed E-state index contributed by atoms with van der Waals surface area (Å²) in [6.45, 7) is 0. The monoisotopic (exact) mass is 628 g/mol. The average molecular weight is 629 g/mol. The van der Waals surface area contributed by atoms with E-state index in [0.29, 0.717) is 10.5 Å². The first-order valence-electron chi connectivity index (χ1n) is 12.2. The van der Waals surface area contributed by atoms with Crippen molar-refractivity contribution in [1.82, 2.24) is 0 Å². The third kappa shape index (κ3) is 7.73. The quantitative estimate of drug-likeness (QED) is 0.141. The highest BCUT2D eigenvalue weighted by Crippen LogP contribution is 2.40. The number of hydrogen-bond acceptors (Lipinski definition) is 5. The summed E-state index contributed by atoms with van der Waals surface area (Å²) in [5.41, 5.74) is -1.95. The molecule has 1 unspecified atom stereocenters. The number of amides is 2. The van der Waals surface area contributed by atoms with Gasteiger partial charge in [0, 0.05) is 15.6 Å². The van der Waals surface area contributed by atoms with Gasteiger partial charge >= 0.3 is 18.1 Å². The smallest absolute Gasteiger partial charge is 0.418 e. The van der Waals surface area contributed by atoms with Gasteiger partial charge in [0.15, 0.2) is 0 Å². The lowest BCUT2D eigenvalue weighted by atomic mass is 10.0. The second-order valence-corrected chi connectivity index (χ2v) is 10.6. The number of carboxylic acid groups (broad SMARTS) is 2. The first-order chi connectivity index (χ1) is 20.3. The van der Waals surface area contributed by atoms with Gasteiger partial charge in [-0.1, -0.05) is 48.0 Å². The number of carbonyl (C=O) groups excluding carboxylic acids is 2. The number of rotatable bonds is 9. The lowest BCUT2D eigenvalue weighted by Crippen LogP contribution is -2.21. The fourth-order valence-electron chi connectivity index (χ4n) is 3.99. The zero-order chi connectivity index (χ0) is 31.3. The van der Waals surface area contributed by atoms with Crippen LogP contribution in [-0.2, 0) is 11.0 Å². The Hall–Kier alpha value is -4.81. The molecule has 0 saturated carbocycles. The summed E-state index contributed by atoms with van der Waals surface area (Å²) >= 11 is 6.77. The molecule has 4 aromatic rings. The minimum Gasteiger partial charge on any atom is -0.478 e. The van der Waals surface area contributed by atoms with Crippen LogP contribution in [0.4, 0.5) is 24.5 Å². The molecule has 13 heteroatoms. The number of aromatic carboxylic acids is 2. The topological polar surface area (TPSA) is 133 Å². The van der Waals surface area contributed by atoms with Gasteiger partial charge in [0.05, 0.1) is 27.9 Å². The number of carboxylic acids is 2. The molecule has 4 N–H and O–H groups in total. The van der Waals surface area contributed by atoms with Crippen LogP contribution in [-0.4, -0.2) is 34.0 Å². The molecule has 0 fully saturated rings. The van der Waals surface area contributed by atoms with Crippen LogP contribution in [0.1, 0.15) is 47.5 Å². The molecule has 0 bridgehead atoms. The van der Waals surface area contributed by atoms with Crippen molar-refractivity contribution in [3.8, 4) is 0 Å². The number of anilines is 2. The van der Waals surface area contributed by atoms with Crippen LogP contribution < -0.4 is 10.6 Å². The fourth-order valence-corrected chi connectivity index (χ4v) is 5.25. The number of benzene rings is 4. The molecule has 2 amide bonds. The third-order valence-electron chi connectivity index (χ3n) is 5.97. The Labute approximate surface area is 251 Å². The number of alkyl halides is 3. The number of halogens is 4. The number of nitrogens with one attached hydrogen (secondary N) is 2. The molecular formula is C30H20ClF3N2O6S. The van der Waals surface area contributed by atoms with Crippen LogP contribution in [0.25, 0.3) is 0 Å². The summed E-state index contributed by atoms with van der Waals surface area (Å²) in [6, 6.07) is 20.6. The Kier molecular flexibility index (Phi) is 9.42. The molecule has 1 atom stereocenters. The molecule has 0 radical (unpaired) electrons. The Bertz CT molecular complexity index is 1720. The summed E-state index contributed by atoms with van der Waals surface area (Å²) in [7, 11) is 0. The van der Waals surface area contributed by atoms with E-state index >= 15 is 0 Å². The van der Waals surface area contributed by atoms with E-state index in [0.717, 1.165) is 42.1 Å². The second kappa shape index (κ2) is 13.0. The Morgan fingerprint density at radius 1 is 0.767 bits per heavy atom. The lowest BCUT2D eigenvalue weighted by Gasteiger charge is -2.20. The Morgan fingerprint density at radius 2 is 1.49 bits per heavy atom. The van der Waals surface area contributed by atoms with Gasteiger partial charge in [0.25, 0.3) is 5.91 Å². The van der Waals surface area contributed by atoms with Crippen molar-refractivity contribution in [2.75, 3.05) is 10.6 Å². The van der Waals surface area contributed by atoms with Gasteiger partial charge in [0.1, 0.15) is 5.25 Å². The average Bonchev–Trinajstić information content (AvgIpc) is 2.96. The molecule has 0 heterocycles. The van der Waals surface area contributed by atoms with E-state index in [1.165, 1.54) is 18.2 Å². The first-order valence-corrected chi connectivity index (χ1v) is 13.5. The van der Waals surface area contributed by atoms with Crippen LogP contribution in [0.5, 0.6) is 0 Å². The summed E-state index contributed by atoms with van der Waals surface area (Å²) in [5.74, 6) is -4.43. The van der Waals surface area contributed by atoms with E-state index in [1.54, 1.807) is 42.5 Å². The van der Waals surface area contributed by atoms with Gasteiger partial charge in [-0.15, -0.1) is 11.8 Å². The molecule has 8 nitrogen and oxygen atoms in total. The van der Waals surface area contributed by atoms with Gasteiger partial charge in [0.2, 0.25) is 5.91 Å². The minimum absolute atomic E-state index is 0.147. The minimum atomic E-state index is -4.77. The maximum Gasteiger partial charge on any atom is 0.418 e. The molecule has 0 saturated heterocycles. The zero-order valence-electron chi connectivity index (χ0n) is 21.7. The van der Waals surface area contributed by atoms with Crippen molar-refractivity contribution >= 4 is 58.5 Å². The Balaban J connectivity index is 1.60. The molecule has 4 aromatic carbocycles. The molecular weight excluding hydrogens is 609 g/mol. The highest BCUT2D eigenvalue weighted by molar-refractivity contribution is 8.00. The van der Waals surface area contributed by atoms with E-state index in [2.05, 4.69) is 10.6 Å². The molecule has 43 heavy (non-hydrogen) atoms. The number of carbonyl (C=O) groups is 4. The van der Waals surface area contributed by atoms with Crippen LogP contribution in [0.2, 0.25) is 5.02 Å². The van der Waals surface area contributed by atoms with Crippen LogP contribution in [0, 0.1) is 0 Å². The molecule has 4 rings (SSSR count). The van der Waals surface area contributed by atoms with Gasteiger partial charge < -0.3 is 20.8 Å². The van der Waals surface area contributed by atoms with Crippen molar-refractivity contribution in [3.05, 3.63) is 124 Å². The molecule has 0 aliphatic carbocycles. The predicted molar refractivity (Wildman–Crippen MR) is 155 cm³/mol. The number of thioether (sulfide) groups is 1. The predicted octanol–water partition coefficient (Wildman–Crippen LogP) is 7.48. The highest BCUT2D eigenvalue weighted by atomic mass is 35.5. The fraction of sp³-hybridized carbons (Fsp3) is 0.0667. The van der Waals surface area contributed by atoms with Gasteiger partial charge in [-0.25, -0.2) is 9.59 Å². The first kappa shape index (κ1) is 31.1. The van der Waals surface area contributed by atoms with E-state index in [1.807, 2.05) is 0 Å². The normalized spacial score (nSPS) is 11.8. The zero-order valence-corrected chi connectivity index (χ0v) is 23.3. The van der Waals surface area contributed by atoms with Crippen molar-refractivity contribution in [3.63, 3.8) is 0 Å². The van der Waals surface area contributed by atoms with E-state index < -0.39 is 52.0 Å². The molecule has 0 aliphatic rings. The highest BCUT2D eigenvalue weighted by Gasteiger charge is 2.35. The summed E-state index contributed by atoms with van der Waals surface area (Å²) < 4.78 is 40.9. The van der Waals surface area contributed by atoms with E-state index in [-0.39, 0.29) is 21.8 Å². The maximum absolute atomic E-state index is 13.6. The molecule has 0 spiro atoms. The van der Waals surface area contributed by atoms with Crippen molar-refractivity contribution < 1.29 is 42.6 Å². The SMILES string of the molecule is O=C(O)c1ccc(C(=O)Nc2cccc(SC(C(=O)Nc3ccc(Cl)cc3C(F)(F)F)c3ccccc3)c2)c(C(=O)O)c1. The molecule has 0 aromatic heterocycles. The van der Waals surface area contributed by atoms with Crippen LogP contribution in [0.3, 0.4) is 0 Å². The van der Waals surface area contributed by atoms with Gasteiger partial charge in [-0.3, -0.25) is 9.59 Å². The van der Waals surface area contributed by atoms with Crippen molar-refractivity contribution in [2.24, 2.45) is 0 Å². The van der Waals surface area contributed by atoms with Crippen molar-refractivity contribution in [2.45, 2.75) is 16.3 Å². The van der Waals surface area contributed by atoms with Crippen LogP contribution in [0.15, 0.2) is 95.9 Å². The van der Waals surface area contributed by atoms with Crippen molar-refractivity contribution in [1.29, 1.82) is 0 Å². The van der Waals surface area contributed by atoms with Crippen LogP contribution >= 0.6 is 23.4 Å². The molecule has 220 valence electrons. The van der Waals surface area contributed by atoms with Gasteiger partial charge in [-0.2, -0.15) is 13.2 Å². The summed E-state index contributed by atoms with van der Waals surface area (Å²) in [5, 5.41) is 22.4. The second-order valence-electron chi connectivity index (χ2n) is 8.94. The number of hydrogen-bond donors (Lipinski definition) is 4. The Morgan fingerprint density at radius 3 is 2.14 bits per heavy atom. The summed E-state index contributed by atoms with van der Waals surface area (Å²) in [4.78, 5) is 49.7. The maximum atomic E-state index is 13.6. The standard InChI is InChI=1S/C30H20ClF3N2O6S/c31-18-10-12-24(23(14-18)30(32,33)34)36-27(38)25(16-5-2-1-3-6-16)43-20-8-4-7-19(15-20)35-26(37)21-11-9-17(28(39)40)13-22(21)29(41)42/h1-15,25H,(H,35,37)(H,36,38)(H,39,40)(H,41,42). The van der Waals surface area contributed by atoms with E-state index in [9.17, 15) is 37.5 Å². The molecule has 0 aliphatic heterocycles. The third-order valence-corrected chi connectivity index (χ3v) is 7.46. The largest absolute Gasteiger partial charge is 0.478 e. The van der Waals surface area contributed by atoms with E-state index in [4.69, 9.17) is 16.7 Å².